The molecule has 0 spiro atoms. The summed E-state index contributed by atoms with van der Waals surface area (Å²) >= 11 is 1.45. The van der Waals surface area contributed by atoms with Gasteiger partial charge in [-0.15, -0.1) is 11.3 Å². The summed E-state index contributed by atoms with van der Waals surface area (Å²) in [4.78, 5) is 55.8. The zero-order valence-electron chi connectivity index (χ0n) is 22.9. The highest BCUT2D eigenvalue weighted by Crippen LogP contribution is 2.57. The maximum absolute atomic E-state index is 14.5. The number of likely N-dealkylation sites (tertiary alicyclic amines) is 1. The summed E-state index contributed by atoms with van der Waals surface area (Å²) in [5.41, 5.74) is -0.00159. The predicted molar refractivity (Wildman–Crippen MR) is 149 cm³/mol. The lowest BCUT2D eigenvalue weighted by Crippen LogP contribution is -2.55. The lowest BCUT2D eigenvalue weighted by atomic mass is 9.71. The van der Waals surface area contributed by atoms with E-state index in [2.05, 4.69) is 5.32 Å². The SMILES string of the molecule is COCC(=O)N1C(c2ccc(F)cc2)C(C(=O)c2cc(C)sc2C)C(c2ccc(NC(C)=O)cc2)C1(C)C(=O)O. The van der Waals surface area contributed by atoms with E-state index in [0.29, 0.717) is 22.4 Å². The molecule has 40 heavy (non-hydrogen) atoms. The van der Waals surface area contributed by atoms with Crippen molar-refractivity contribution in [2.75, 3.05) is 19.0 Å². The second-order valence-corrected chi connectivity index (χ2v) is 11.6. The molecule has 0 radical (unpaired) electrons. The molecule has 2 heterocycles. The Morgan fingerprint density at radius 2 is 1.65 bits per heavy atom. The van der Waals surface area contributed by atoms with Crippen molar-refractivity contribution in [1.82, 2.24) is 4.90 Å². The molecule has 10 heteroatoms. The number of ether oxygens (including phenoxy) is 1. The maximum Gasteiger partial charge on any atom is 0.330 e. The molecule has 2 aromatic carbocycles. The topological polar surface area (TPSA) is 113 Å². The Labute approximate surface area is 235 Å². The van der Waals surface area contributed by atoms with Gasteiger partial charge in [-0.05, 0) is 62.2 Å². The van der Waals surface area contributed by atoms with Gasteiger partial charge < -0.3 is 20.1 Å². The molecule has 1 fully saturated rings. The van der Waals surface area contributed by atoms with Crippen molar-refractivity contribution < 1.29 is 33.4 Å². The zero-order chi connectivity index (χ0) is 29.4. The molecule has 2 N–H and O–H groups in total. The third-order valence-electron chi connectivity index (χ3n) is 7.46. The number of halogens is 1. The predicted octanol–water partition coefficient (Wildman–Crippen LogP) is 5.12. The van der Waals surface area contributed by atoms with Gasteiger partial charge in [0.2, 0.25) is 11.8 Å². The van der Waals surface area contributed by atoms with E-state index in [0.717, 1.165) is 9.75 Å². The van der Waals surface area contributed by atoms with Gasteiger partial charge >= 0.3 is 5.97 Å². The number of methoxy groups -OCH3 is 1. The first-order valence-electron chi connectivity index (χ1n) is 12.7. The zero-order valence-corrected chi connectivity index (χ0v) is 23.7. The van der Waals surface area contributed by atoms with Gasteiger partial charge in [0, 0.05) is 41.0 Å². The number of aryl methyl sites for hydroxylation is 2. The Morgan fingerprint density at radius 1 is 1.05 bits per heavy atom. The van der Waals surface area contributed by atoms with E-state index in [1.54, 1.807) is 30.3 Å². The molecule has 1 aliphatic heterocycles. The van der Waals surface area contributed by atoms with Gasteiger partial charge in [0.05, 0.1) is 12.0 Å². The summed E-state index contributed by atoms with van der Waals surface area (Å²) in [5, 5.41) is 13.4. The van der Waals surface area contributed by atoms with Crippen LogP contribution in [0, 0.1) is 25.6 Å². The molecule has 2 amide bonds. The van der Waals surface area contributed by atoms with Crippen LogP contribution in [0.5, 0.6) is 0 Å². The fourth-order valence-electron chi connectivity index (χ4n) is 5.85. The van der Waals surface area contributed by atoms with Crippen LogP contribution in [0.4, 0.5) is 10.1 Å². The van der Waals surface area contributed by atoms with Crippen molar-refractivity contribution in [2.24, 2.45) is 5.92 Å². The number of aliphatic carboxylic acids is 1. The smallest absolute Gasteiger partial charge is 0.330 e. The number of nitrogens with one attached hydrogen (secondary N) is 1. The molecular weight excluding hydrogens is 535 g/mol. The first-order chi connectivity index (χ1) is 18.9. The van der Waals surface area contributed by atoms with Crippen molar-refractivity contribution in [2.45, 2.75) is 45.2 Å². The number of hydrogen-bond acceptors (Lipinski definition) is 6. The molecule has 4 atom stereocenters. The Bertz CT molecular complexity index is 1450. The van der Waals surface area contributed by atoms with Gasteiger partial charge in [-0.2, -0.15) is 0 Å². The number of carboxylic acid groups (broad SMARTS) is 1. The van der Waals surface area contributed by atoms with Gasteiger partial charge in [0.15, 0.2) is 5.78 Å². The van der Waals surface area contributed by atoms with Crippen molar-refractivity contribution >= 4 is 40.6 Å². The Kier molecular flexibility index (Phi) is 8.23. The van der Waals surface area contributed by atoms with Crippen LogP contribution >= 0.6 is 11.3 Å². The number of nitrogens with zero attached hydrogens (tertiary/aromatic N) is 1. The highest BCUT2D eigenvalue weighted by atomic mass is 32.1. The van der Waals surface area contributed by atoms with Crippen LogP contribution in [0.15, 0.2) is 54.6 Å². The number of thiophene rings is 1. The number of carbonyl (C=O) groups is 4. The summed E-state index contributed by atoms with van der Waals surface area (Å²) in [6, 6.07) is 12.7. The number of rotatable bonds is 8. The molecule has 1 aliphatic rings. The standard InChI is InChI=1S/C30H31FN2O6S/c1-16-14-23(17(2)40-16)28(36)25-26(19-8-12-22(13-9-19)32-18(3)34)30(4,29(37)38)33(24(35)15-39-5)27(25)20-6-10-21(31)11-7-20/h6-14,25-27H,15H2,1-5H3,(H,32,34)(H,37,38). The van der Waals surface area contributed by atoms with E-state index in [1.165, 1.54) is 61.5 Å². The van der Waals surface area contributed by atoms with Crippen LogP contribution in [0.1, 0.15) is 57.0 Å². The molecule has 0 aliphatic carbocycles. The van der Waals surface area contributed by atoms with E-state index in [4.69, 9.17) is 4.74 Å². The number of amides is 2. The van der Waals surface area contributed by atoms with Crippen LogP contribution in [-0.4, -0.2) is 52.8 Å². The average Bonchev–Trinajstić information content (AvgIpc) is 3.38. The summed E-state index contributed by atoms with van der Waals surface area (Å²) in [6.45, 7) is 6.11. The molecule has 3 aromatic rings. The minimum absolute atomic E-state index is 0.270. The minimum atomic E-state index is -1.89. The van der Waals surface area contributed by atoms with Crippen LogP contribution < -0.4 is 5.32 Å². The third-order valence-corrected chi connectivity index (χ3v) is 8.43. The molecule has 1 aromatic heterocycles. The van der Waals surface area contributed by atoms with Gasteiger partial charge in [-0.1, -0.05) is 24.3 Å². The van der Waals surface area contributed by atoms with E-state index in [-0.39, 0.29) is 11.7 Å². The van der Waals surface area contributed by atoms with E-state index < -0.39 is 47.7 Å². The molecule has 0 bridgehead atoms. The Balaban J connectivity index is 2.02. The fourth-order valence-corrected chi connectivity index (χ4v) is 6.78. The largest absolute Gasteiger partial charge is 0.479 e. The van der Waals surface area contributed by atoms with Gasteiger partial charge in [0.1, 0.15) is 18.0 Å². The second-order valence-electron chi connectivity index (χ2n) is 10.1. The first-order valence-corrected chi connectivity index (χ1v) is 13.5. The van der Waals surface area contributed by atoms with E-state index in [9.17, 15) is 28.7 Å². The normalized spacial score (nSPS) is 22.2. The minimum Gasteiger partial charge on any atom is -0.479 e. The van der Waals surface area contributed by atoms with Crippen LogP contribution in [-0.2, 0) is 19.1 Å². The third kappa shape index (κ3) is 5.16. The average molecular weight is 567 g/mol. The van der Waals surface area contributed by atoms with Gasteiger partial charge in [0.25, 0.3) is 0 Å². The fraction of sp³-hybridized carbons (Fsp3) is 0.333. The van der Waals surface area contributed by atoms with Crippen molar-refractivity contribution in [3.63, 3.8) is 0 Å². The number of Topliss-reactive ketones (excluding diaryl/α,β-unsaturated/α-hetero) is 1. The number of hydrogen-bond donors (Lipinski definition) is 2. The van der Waals surface area contributed by atoms with Gasteiger partial charge in [-0.3, -0.25) is 14.4 Å². The van der Waals surface area contributed by atoms with Crippen molar-refractivity contribution in [1.29, 1.82) is 0 Å². The summed E-state index contributed by atoms with van der Waals surface area (Å²) in [7, 11) is 1.33. The quantitative estimate of drug-likeness (QED) is 0.366. The second kappa shape index (κ2) is 11.3. The number of ketones is 1. The highest BCUT2D eigenvalue weighted by molar-refractivity contribution is 7.12. The first kappa shape index (κ1) is 29.1. The van der Waals surface area contributed by atoms with E-state index in [1.807, 2.05) is 13.8 Å². The number of carbonyl (C=O) groups excluding carboxylic acids is 3. The molecule has 8 nitrogen and oxygen atoms in total. The molecule has 4 unspecified atom stereocenters. The lowest BCUT2D eigenvalue weighted by Gasteiger charge is -2.37. The summed E-state index contributed by atoms with van der Waals surface area (Å²) in [6.07, 6.45) is 0. The number of carboxylic acids is 1. The molecule has 4 rings (SSSR count). The van der Waals surface area contributed by atoms with Crippen LogP contribution in [0.25, 0.3) is 0 Å². The molecule has 0 saturated carbocycles. The van der Waals surface area contributed by atoms with Crippen molar-refractivity contribution in [3.05, 3.63) is 86.9 Å². The maximum atomic E-state index is 14.5. The van der Waals surface area contributed by atoms with E-state index >= 15 is 0 Å². The van der Waals surface area contributed by atoms with Crippen LogP contribution in [0.3, 0.4) is 0 Å². The molecular formula is C30H31FN2O6S. The Morgan fingerprint density at radius 3 is 2.15 bits per heavy atom. The number of benzene rings is 2. The molecule has 1 saturated heterocycles. The van der Waals surface area contributed by atoms with Crippen molar-refractivity contribution in [3.8, 4) is 0 Å². The summed E-state index contributed by atoms with van der Waals surface area (Å²) < 4.78 is 19.1. The number of anilines is 1. The highest BCUT2D eigenvalue weighted by Gasteiger charge is 2.64. The lowest BCUT2D eigenvalue weighted by molar-refractivity contribution is -0.159. The van der Waals surface area contributed by atoms with Crippen LogP contribution in [0.2, 0.25) is 0 Å². The molecule has 210 valence electrons. The Hall–Kier alpha value is -3.89. The van der Waals surface area contributed by atoms with Gasteiger partial charge in [-0.25, -0.2) is 9.18 Å². The summed E-state index contributed by atoms with van der Waals surface area (Å²) in [5.74, 6) is -5.04. The monoisotopic (exact) mass is 566 g/mol.